The molecule has 4 heterocycles. The normalized spacial score (nSPS) is 24.1. The van der Waals surface area contributed by atoms with E-state index in [1.165, 1.54) is 24.9 Å². The minimum absolute atomic E-state index is 0.300. The number of rotatable bonds is 4. The van der Waals surface area contributed by atoms with E-state index in [-0.39, 0.29) is 0 Å². The molecule has 2 saturated heterocycles. The molecule has 162 valence electrons. The van der Waals surface area contributed by atoms with Crippen molar-refractivity contribution >= 4 is 0 Å². The van der Waals surface area contributed by atoms with Crippen LogP contribution in [0.5, 0.6) is 11.5 Å². The molecular weight excluding hydrogens is 378 g/mol. The van der Waals surface area contributed by atoms with Crippen LogP contribution in [0.4, 0.5) is 0 Å². The number of nitrogens with zero attached hydrogens (tertiary/aromatic N) is 5. The Balaban J connectivity index is 1.29. The zero-order valence-corrected chi connectivity index (χ0v) is 18.4. The van der Waals surface area contributed by atoms with E-state index in [2.05, 4.69) is 63.7 Å². The summed E-state index contributed by atoms with van der Waals surface area (Å²) in [7, 11) is 2.08. The Morgan fingerprint density at radius 2 is 1.90 bits per heavy atom. The topological polar surface area (TPSA) is 55.7 Å². The average molecular weight is 412 g/mol. The van der Waals surface area contributed by atoms with Crippen molar-refractivity contribution in [3.8, 4) is 11.5 Å². The molecule has 0 bridgehead atoms. The molecule has 0 amide bonds. The minimum atomic E-state index is 0.300. The summed E-state index contributed by atoms with van der Waals surface area (Å²) in [6, 6.07) is 6.95. The summed E-state index contributed by atoms with van der Waals surface area (Å²) in [6.45, 7) is 11.4. The highest BCUT2D eigenvalue weighted by molar-refractivity contribution is 5.43. The van der Waals surface area contributed by atoms with Gasteiger partial charge < -0.3 is 14.0 Å². The Hall–Kier alpha value is -2.12. The van der Waals surface area contributed by atoms with Crippen molar-refractivity contribution in [2.75, 3.05) is 39.4 Å². The first-order valence-electron chi connectivity index (χ1n) is 11.2. The fourth-order valence-corrected chi connectivity index (χ4v) is 5.47. The summed E-state index contributed by atoms with van der Waals surface area (Å²) in [5.41, 5.74) is 1.60. The van der Waals surface area contributed by atoms with Gasteiger partial charge in [0.15, 0.2) is 11.5 Å². The van der Waals surface area contributed by atoms with Gasteiger partial charge in [-0.2, -0.15) is 0 Å². The molecule has 0 N–H and O–H groups in total. The molecular formula is C23H33N5O2. The average Bonchev–Trinajstić information content (AvgIpc) is 3.33. The number of likely N-dealkylation sites (tertiary alicyclic amines) is 2. The number of ether oxygens (including phenoxy) is 2. The van der Waals surface area contributed by atoms with Crippen LogP contribution >= 0.6 is 0 Å². The molecule has 7 nitrogen and oxygen atoms in total. The summed E-state index contributed by atoms with van der Waals surface area (Å²) in [5, 5.41) is 8.70. The predicted molar refractivity (Wildman–Crippen MR) is 115 cm³/mol. The quantitative estimate of drug-likeness (QED) is 0.771. The van der Waals surface area contributed by atoms with E-state index in [4.69, 9.17) is 9.47 Å². The highest BCUT2D eigenvalue weighted by Crippen LogP contribution is 2.49. The summed E-state index contributed by atoms with van der Waals surface area (Å²) in [6.07, 6.45) is 4.26. The third-order valence-corrected chi connectivity index (χ3v) is 7.33. The predicted octanol–water partition coefficient (Wildman–Crippen LogP) is 2.68. The van der Waals surface area contributed by atoms with Gasteiger partial charge in [-0.15, -0.1) is 10.2 Å². The molecule has 5 rings (SSSR count). The number of hydrogen-bond acceptors (Lipinski definition) is 6. The lowest BCUT2D eigenvalue weighted by molar-refractivity contribution is 0.0864. The van der Waals surface area contributed by atoms with Gasteiger partial charge in [0.1, 0.15) is 25.4 Å². The number of benzene rings is 1. The van der Waals surface area contributed by atoms with Gasteiger partial charge in [-0.05, 0) is 62.9 Å². The number of aromatic nitrogens is 3. The van der Waals surface area contributed by atoms with Crippen LogP contribution in [0.25, 0.3) is 0 Å². The van der Waals surface area contributed by atoms with E-state index in [9.17, 15) is 0 Å². The molecule has 2 fully saturated rings. The van der Waals surface area contributed by atoms with Gasteiger partial charge in [0.2, 0.25) is 0 Å². The highest BCUT2D eigenvalue weighted by Gasteiger charge is 2.50. The number of hydrogen-bond donors (Lipinski definition) is 0. The Kier molecular flexibility index (Phi) is 5.19. The van der Waals surface area contributed by atoms with Gasteiger partial charge >= 0.3 is 0 Å². The molecule has 1 aromatic heterocycles. The second-order valence-corrected chi connectivity index (χ2v) is 9.49. The second-order valence-electron chi connectivity index (χ2n) is 9.49. The zero-order valence-electron chi connectivity index (χ0n) is 18.4. The second kappa shape index (κ2) is 7.85. The maximum atomic E-state index is 5.77. The van der Waals surface area contributed by atoms with Crippen molar-refractivity contribution < 1.29 is 9.47 Å². The van der Waals surface area contributed by atoms with Crippen LogP contribution < -0.4 is 9.47 Å². The Labute approximate surface area is 179 Å². The maximum absolute atomic E-state index is 5.77. The van der Waals surface area contributed by atoms with Crippen LogP contribution in [-0.4, -0.2) is 70.0 Å². The van der Waals surface area contributed by atoms with Gasteiger partial charge in [0.05, 0.1) is 0 Å². The largest absolute Gasteiger partial charge is 0.486 e. The zero-order chi connectivity index (χ0) is 20.7. The van der Waals surface area contributed by atoms with Crippen LogP contribution in [0.2, 0.25) is 0 Å². The molecule has 1 atom stereocenters. The number of aryl methyl sites for hydroxylation is 1. The van der Waals surface area contributed by atoms with Crippen molar-refractivity contribution in [2.45, 2.75) is 45.2 Å². The van der Waals surface area contributed by atoms with E-state index >= 15 is 0 Å². The Bertz CT molecular complexity index is 887. The highest BCUT2D eigenvalue weighted by atomic mass is 16.6. The third kappa shape index (κ3) is 3.58. The van der Waals surface area contributed by atoms with E-state index in [0.29, 0.717) is 30.6 Å². The molecule has 7 heteroatoms. The first-order chi connectivity index (χ1) is 14.5. The summed E-state index contributed by atoms with van der Waals surface area (Å²) < 4.78 is 13.6. The molecule has 0 saturated carbocycles. The molecule has 1 unspecified atom stereocenters. The van der Waals surface area contributed by atoms with E-state index in [1.54, 1.807) is 0 Å². The molecule has 3 aliphatic rings. The number of piperidine rings is 1. The fourth-order valence-electron chi connectivity index (χ4n) is 5.47. The monoisotopic (exact) mass is 411 g/mol. The van der Waals surface area contributed by atoms with Gasteiger partial charge in [0.25, 0.3) is 0 Å². The lowest BCUT2D eigenvalue weighted by Crippen LogP contribution is -2.44. The van der Waals surface area contributed by atoms with Gasteiger partial charge in [-0.1, -0.05) is 6.07 Å². The van der Waals surface area contributed by atoms with Crippen LogP contribution in [0.3, 0.4) is 0 Å². The van der Waals surface area contributed by atoms with E-state index in [1.807, 2.05) is 6.33 Å². The number of fused-ring (bicyclic) bond motifs is 1. The molecule has 0 radical (unpaired) electrons. The third-order valence-electron chi connectivity index (χ3n) is 7.33. The first kappa shape index (κ1) is 19.8. The lowest BCUT2D eigenvalue weighted by atomic mass is 9.70. The fraction of sp³-hybridized carbons (Fsp3) is 0.652. The smallest absolute Gasteiger partial charge is 0.161 e. The summed E-state index contributed by atoms with van der Waals surface area (Å²) in [5.74, 6) is 3.37. The Morgan fingerprint density at radius 3 is 2.60 bits per heavy atom. The van der Waals surface area contributed by atoms with Crippen LogP contribution in [0, 0.1) is 5.41 Å². The van der Waals surface area contributed by atoms with E-state index in [0.717, 1.165) is 43.5 Å². The molecule has 1 aromatic carbocycles. The molecule has 3 aliphatic heterocycles. The van der Waals surface area contributed by atoms with E-state index < -0.39 is 0 Å². The summed E-state index contributed by atoms with van der Waals surface area (Å²) in [4.78, 5) is 5.22. The maximum Gasteiger partial charge on any atom is 0.161 e. The van der Waals surface area contributed by atoms with Crippen molar-refractivity contribution in [2.24, 2.45) is 12.5 Å². The van der Waals surface area contributed by atoms with Crippen molar-refractivity contribution in [3.05, 3.63) is 35.9 Å². The van der Waals surface area contributed by atoms with Gasteiger partial charge in [-0.25, -0.2) is 0 Å². The standard InChI is InChI=1S/C23H33N5O2/c1-17(2)28-14-19(22-25-24-16-26(22)3)23(15-28)6-8-27(9-7-23)13-18-4-5-20-21(12-18)30-11-10-29-20/h4-5,12,16-17,19H,6-11,13-15H2,1-3H3. The SMILES string of the molecule is CC(C)N1CC(c2nncn2C)C2(CCN(Cc3ccc4c(c3)OCCO4)CC2)C1. The minimum Gasteiger partial charge on any atom is -0.486 e. The van der Waals surface area contributed by atoms with Crippen molar-refractivity contribution in [3.63, 3.8) is 0 Å². The lowest BCUT2D eigenvalue weighted by Gasteiger charge is -2.42. The van der Waals surface area contributed by atoms with Crippen molar-refractivity contribution in [1.29, 1.82) is 0 Å². The molecule has 0 aliphatic carbocycles. The first-order valence-corrected chi connectivity index (χ1v) is 11.2. The molecule has 1 spiro atoms. The molecule has 30 heavy (non-hydrogen) atoms. The van der Waals surface area contributed by atoms with Gasteiger partial charge in [0, 0.05) is 38.6 Å². The van der Waals surface area contributed by atoms with Crippen molar-refractivity contribution in [1.82, 2.24) is 24.6 Å². The summed E-state index contributed by atoms with van der Waals surface area (Å²) >= 11 is 0. The van der Waals surface area contributed by atoms with Crippen LogP contribution in [0.15, 0.2) is 24.5 Å². The van der Waals surface area contributed by atoms with Gasteiger partial charge in [-0.3, -0.25) is 9.80 Å². The molecule has 2 aromatic rings. The Morgan fingerprint density at radius 1 is 1.13 bits per heavy atom. The van der Waals surface area contributed by atoms with Crippen LogP contribution in [-0.2, 0) is 13.6 Å². The van der Waals surface area contributed by atoms with Crippen LogP contribution in [0.1, 0.15) is 44.0 Å².